The lowest BCUT2D eigenvalue weighted by atomic mass is 10.1. The van der Waals surface area contributed by atoms with Gasteiger partial charge < -0.3 is 25.0 Å². The number of likely N-dealkylation sites (N-methyl/N-ethyl adjacent to an activating group) is 1. The summed E-state index contributed by atoms with van der Waals surface area (Å²) in [4.78, 5) is 14.4. The zero-order valence-corrected chi connectivity index (χ0v) is 16.2. The summed E-state index contributed by atoms with van der Waals surface area (Å²) >= 11 is 0. The molecule has 0 spiro atoms. The second-order valence-corrected chi connectivity index (χ2v) is 7.36. The molecular formula is C19H24N3O3P. The summed E-state index contributed by atoms with van der Waals surface area (Å²) < 4.78 is 10.7. The minimum Gasteiger partial charge on any atom is -0.493 e. The van der Waals surface area contributed by atoms with Gasteiger partial charge in [0.1, 0.15) is 0 Å². The number of hydrogen-bond acceptors (Lipinski definition) is 5. The van der Waals surface area contributed by atoms with Gasteiger partial charge in [0.2, 0.25) is 0 Å². The van der Waals surface area contributed by atoms with Crippen molar-refractivity contribution in [3.05, 3.63) is 53.9 Å². The number of nitrogens with zero attached hydrogens (tertiary/aromatic N) is 1. The number of carbonyl (C=O) groups is 1. The third kappa shape index (κ3) is 3.92. The molecule has 2 aliphatic rings. The van der Waals surface area contributed by atoms with Gasteiger partial charge in [-0.25, -0.2) is 0 Å². The van der Waals surface area contributed by atoms with Crippen molar-refractivity contribution >= 4 is 19.8 Å². The fourth-order valence-corrected chi connectivity index (χ4v) is 4.27. The Morgan fingerprint density at radius 2 is 2.00 bits per heavy atom. The SMILES string of the molecule is CNCCNC1=CN2C(=O)C=C(c3ccc(OC)c(OC)c3)PC2C=C1. The number of benzene rings is 1. The maximum atomic E-state index is 12.6. The molecule has 0 fully saturated rings. The Morgan fingerprint density at radius 1 is 1.19 bits per heavy atom. The van der Waals surface area contributed by atoms with E-state index in [-0.39, 0.29) is 11.7 Å². The molecule has 0 aromatic heterocycles. The number of amides is 1. The van der Waals surface area contributed by atoms with Crippen LogP contribution in [0.4, 0.5) is 0 Å². The first-order chi connectivity index (χ1) is 12.7. The molecule has 2 heterocycles. The normalized spacial score (nSPS) is 19.7. The van der Waals surface area contributed by atoms with Crippen molar-refractivity contribution in [2.24, 2.45) is 0 Å². The quantitative estimate of drug-likeness (QED) is 0.566. The molecule has 0 bridgehead atoms. The van der Waals surface area contributed by atoms with Crippen LogP contribution >= 0.6 is 8.58 Å². The highest BCUT2D eigenvalue weighted by atomic mass is 31.1. The number of nitrogens with one attached hydrogen (secondary N) is 2. The molecule has 0 saturated heterocycles. The van der Waals surface area contributed by atoms with Gasteiger partial charge in [-0.3, -0.25) is 4.79 Å². The van der Waals surface area contributed by atoms with E-state index in [4.69, 9.17) is 9.47 Å². The first-order valence-electron chi connectivity index (χ1n) is 8.47. The Balaban J connectivity index is 1.79. The molecule has 2 atom stereocenters. The van der Waals surface area contributed by atoms with Crippen LogP contribution in [-0.2, 0) is 4.79 Å². The van der Waals surface area contributed by atoms with E-state index in [2.05, 4.69) is 22.8 Å². The van der Waals surface area contributed by atoms with E-state index in [1.165, 1.54) is 0 Å². The zero-order chi connectivity index (χ0) is 18.5. The first-order valence-corrected chi connectivity index (χ1v) is 9.55. The Bertz CT molecular complexity index is 773. The van der Waals surface area contributed by atoms with Crippen LogP contribution < -0.4 is 20.1 Å². The van der Waals surface area contributed by atoms with Crippen LogP contribution in [0.1, 0.15) is 5.56 Å². The van der Waals surface area contributed by atoms with E-state index < -0.39 is 0 Å². The lowest BCUT2D eigenvalue weighted by Gasteiger charge is -2.34. The smallest absolute Gasteiger partial charge is 0.252 e. The third-order valence-corrected chi connectivity index (χ3v) is 5.77. The predicted molar refractivity (Wildman–Crippen MR) is 106 cm³/mol. The topological polar surface area (TPSA) is 62.8 Å². The van der Waals surface area contributed by atoms with E-state index in [0.29, 0.717) is 20.1 Å². The Kier molecular flexibility index (Phi) is 5.96. The summed E-state index contributed by atoms with van der Waals surface area (Å²) in [5.41, 5.74) is 1.95. The van der Waals surface area contributed by atoms with Crippen LogP contribution in [0.2, 0.25) is 0 Å². The minimum absolute atomic E-state index is 0.00389. The van der Waals surface area contributed by atoms with E-state index in [0.717, 1.165) is 29.7 Å². The summed E-state index contributed by atoms with van der Waals surface area (Å²) in [6, 6.07) is 5.76. The number of carbonyl (C=O) groups excluding carboxylic acids is 1. The fraction of sp³-hybridized carbons (Fsp3) is 0.316. The number of hydrogen-bond donors (Lipinski definition) is 2. The van der Waals surface area contributed by atoms with Crippen molar-refractivity contribution in [1.82, 2.24) is 15.5 Å². The maximum Gasteiger partial charge on any atom is 0.252 e. The minimum atomic E-state index is -0.00389. The molecule has 7 heteroatoms. The summed E-state index contributed by atoms with van der Waals surface area (Å²) in [6.07, 6.45) is 7.76. The van der Waals surface area contributed by atoms with Crippen molar-refractivity contribution in [2.75, 3.05) is 34.4 Å². The summed E-state index contributed by atoms with van der Waals surface area (Å²) in [7, 11) is 5.61. The van der Waals surface area contributed by atoms with E-state index in [9.17, 15) is 4.79 Å². The molecular weight excluding hydrogens is 349 g/mol. The van der Waals surface area contributed by atoms with E-state index >= 15 is 0 Å². The molecule has 26 heavy (non-hydrogen) atoms. The van der Waals surface area contributed by atoms with Gasteiger partial charge in [0.15, 0.2) is 11.5 Å². The molecule has 0 radical (unpaired) electrons. The average molecular weight is 373 g/mol. The van der Waals surface area contributed by atoms with Crippen LogP contribution in [0.3, 0.4) is 0 Å². The monoisotopic (exact) mass is 373 g/mol. The summed E-state index contributed by atoms with van der Waals surface area (Å²) in [5, 5.41) is 7.44. The van der Waals surface area contributed by atoms with Crippen LogP contribution in [0.5, 0.6) is 11.5 Å². The first kappa shape index (κ1) is 18.5. The van der Waals surface area contributed by atoms with Gasteiger partial charge in [-0.05, 0) is 36.1 Å². The Morgan fingerprint density at radius 3 is 2.73 bits per heavy atom. The lowest BCUT2D eigenvalue weighted by molar-refractivity contribution is -0.123. The molecule has 2 N–H and O–H groups in total. The van der Waals surface area contributed by atoms with Crippen molar-refractivity contribution < 1.29 is 14.3 Å². The van der Waals surface area contributed by atoms with Gasteiger partial charge >= 0.3 is 0 Å². The van der Waals surface area contributed by atoms with Crippen LogP contribution in [0, 0.1) is 0 Å². The molecule has 1 aromatic rings. The Hall–Kier alpha value is -2.30. The number of allylic oxidation sites excluding steroid dienone is 1. The lowest BCUT2D eigenvalue weighted by Crippen LogP contribution is -2.37. The van der Waals surface area contributed by atoms with Gasteiger partial charge in [0, 0.05) is 25.4 Å². The molecule has 6 nitrogen and oxygen atoms in total. The van der Waals surface area contributed by atoms with Gasteiger partial charge in [0.25, 0.3) is 5.91 Å². The zero-order valence-electron chi connectivity index (χ0n) is 15.2. The third-order valence-electron chi connectivity index (χ3n) is 4.26. The molecule has 2 aliphatic heterocycles. The molecule has 3 rings (SSSR count). The second kappa shape index (κ2) is 8.39. The maximum absolute atomic E-state index is 12.6. The molecule has 138 valence electrons. The fourth-order valence-electron chi connectivity index (χ4n) is 2.88. The molecule has 0 saturated carbocycles. The molecule has 2 unspecified atom stereocenters. The number of methoxy groups -OCH3 is 2. The second-order valence-electron chi connectivity index (χ2n) is 5.94. The molecule has 1 aromatic carbocycles. The highest BCUT2D eigenvalue weighted by Crippen LogP contribution is 2.45. The van der Waals surface area contributed by atoms with Crippen LogP contribution in [0.15, 0.2) is 48.3 Å². The van der Waals surface area contributed by atoms with Gasteiger partial charge in [-0.1, -0.05) is 20.7 Å². The van der Waals surface area contributed by atoms with Gasteiger partial charge in [0.05, 0.1) is 25.7 Å². The predicted octanol–water partition coefficient (Wildman–Crippen LogP) is 2.11. The Labute approximate surface area is 155 Å². The van der Waals surface area contributed by atoms with E-state index in [1.54, 1.807) is 25.2 Å². The summed E-state index contributed by atoms with van der Waals surface area (Å²) in [5.74, 6) is 1.41. The largest absolute Gasteiger partial charge is 0.493 e. The number of ether oxygens (including phenoxy) is 2. The van der Waals surface area contributed by atoms with Gasteiger partial charge in [-0.2, -0.15) is 0 Å². The highest BCUT2D eigenvalue weighted by molar-refractivity contribution is 7.51. The average Bonchev–Trinajstić information content (AvgIpc) is 2.67. The number of fused-ring (bicyclic) bond motifs is 1. The van der Waals surface area contributed by atoms with Gasteiger partial charge in [-0.15, -0.1) is 0 Å². The molecule has 0 aliphatic carbocycles. The summed E-state index contributed by atoms with van der Waals surface area (Å²) in [6.45, 7) is 1.68. The molecule has 1 amide bonds. The van der Waals surface area contributed by atoms with Crippen molar-refractivity contribution in [2.45, 2.75) is 5.78 Å². The van der Waals surface area contributed by atoms with Crippen LogP contribution in [0.25, 0.3) is 5.31 Å². The number of rotatable bonds is 7. The van der Waals surface area contributed by atoms with E-state index in [1.807, 2.05) is 31.4 Å². The van der Waals surface area contributed by atoms with Crippen LogP contribution in [-0.4, -0.2) is 50.9 Å². The van der Waals surface area contributed by atoms with Crippen molar-refractivity contribution in [3.63, 3.8) is 0 Å². The standard InChI is InChI=1S/C19H24N3O3P/c1-20-8-9-21-14-5-7-19-22(12-14)18(23)11-17(26-19)13-4-6-15(24-2)16(10-13)25-3/h4-7,10-12,19-21,26H,8-9H2,1-3H3. The van der Waals surface area contributed by atoms with Crippen molar-refractivity contribution in [1.29, 1.82) is 0 Å². The van der Waals surface area contributed by atoms with Crippen molar-refractivity contribution in [3.8, 4) is 11.5 Å². The highest BCUT2D eigenvalue weighted by Gasteiger charge is 2.28.